The first-order valence-electron chi connectivity index (χ1n) is 7.85. The lowest BCUT2D eigenvalue weighted by Crippen LogP contribution is -2.03. The fourth-order valence-corrected chi connectivity index (χ4v) is 3.12. The molecule has 1 heterocycles. The molecule has 4 rings (SSSR count). The smallest absolute Gasteiger partial charge is 0.270 e. The highest BCUT2D eigenvalue weighted by molar-refractivity contribution is 6.15. The van der Waals surface area contributed by atoms with Gasteiger partial charge in [0.05, 0.1) is 4.92 Å². The lowest BCUT2D eigenvalue weighted by atomic mass is 9.98. The number of aromatic nitrogens is 1. The van der Waals surface area contributed by atoms with Gasteiger partial charge in [-0.15, -0.1) is 0 Å². The molecule has 0 spiro atoms. The molecule has 3 aromatic carbocycles. The summed E-state index contributed by atoms with van der Waals surface area (Å²) in [5, 5.41) is 12.6. The molecule has 0 fully saturated rings. The van der Waals surface area contributed by atoms with Crippen molar-refractivity contribution in [3.63, 3.8) is 0 Å². The molecule has 0 saturated heterocycles. The van der Waals surface area contributed by atoms with E-state index in [2.05, 4.69) is 4.98 Å². The lowest BCUT2D eigenvalue weighted by molar-refractivity contribution is -0.384. The third-order valence-electron chi connectivity index (χ3n) is 4.44. The number of nitro benzene ring substituents is 1. The number of carbonyl (C=O) groups excluding carboxylic acids is 1. The Morgan fingerprint density at radius 3 is 2.36 bits per heavy atom. The third kappa shape index (κ3) is 2.46. The summed E-state index contributed by atoms with van der Waals surface area (Å²) in [5.41, 5.74) is 3.82. The van der Waals surface area contributed by atoms with Crippen LogP contribution in [0.15, 0.2) is 60.7 Å². The summed E-state index contributed by atoms with van der Waals surface area (Å²) < 4.78 is 0. The Labute approximate surface area is 143 Å². The number of fused-ring (bicyclic) bond motifs is 3. The van der Waals surface area contributed by atoms with Gasteiger partial charge < -0.3 is 4.98 Å². The summed E-state index contributed by atoms with van der Waals surface area (Å²) in [6.07, 6.45) is 0. The van der Waals surface area contributed by atoms with Crippen LogP contribution >= 0.6 is 0 Å². The highest BCUT2D eigenvalue weighted by Crippen LogP contribution is 2.30. The third-order valence-corrected chi connectivity index (χ3v) is 4.44. The molecule has 4 aromatic rings. The zero-order chi connectivity index (χ0) is 17.6. The van der Waals surface area contributed by atoms with Crippen molar-refractivity contribution in [3.8, 4) is 0 Å². The van der Waals surface area contributed by atoms with Gasteiger partial charge in [-0.1, -0.05) is 24.3 Å². The van der Waals surface area contributed by atoms with Crippen molar-refractivity contribution in [2.45, 2.75) is 6.92 Å². The van der Waals surface area contributed by atoms with Crippen LogP contribution in [0.25, 0.3) is 21.8 Å². The first-order chi connectivity index (χ1) is 12.0. The van der Waals surface area contributed by atoms with Crippen molar-refractivity contribution in [2.24, 2.45) is 0 Å². The van der Waals surface area contributed by atoms with Gasteiger partial charge >= 0.3 is 0 Å². The van der Waals surface area contributed by atoms with Crippen LogP contribution in [-0.4, -0.2) is 15.7 Å². The average Bonchev–Trinajstić information content (AvgIpc) is 2.98. The van der Waals surface area contributed by atoms with Gasteiger partial charge in [0.15, 0.2) is 5.78 Å². The number of aromatic amines is 1. The second kappa shape index (κ2) is 5.56. The Morgan fingerprint density at radius 2 is 1.64 bits per heavy atom. The first kappa shape index (κ1) is 15.1. The molecule has 0 unspecified atom stereocenters. The SMILES string of the molecule is Cc1ccccc1C(=O)c1ccc2[nH]c3ccc([N+](=O)[O-])cc3c2c1. The van der Waals surface area contributed by atoms with Crippen LogP contribution in [0.2, 0.25) is 0 Å². The first-order valence-corrected chi connectivity index (χ1v) is 7.85. The summed E-state index contributed by atoms with van der Waals surface area (Å²) >= 11 is 0. The van der Waals surface area contributed by atoms with Gasteiger partial charge in [-0.05, 0) is 36.8 Å². The number of benzene rings is 3. The molecule has 25 heavy (non-hydrogen) atoms. The molecule has 0 atom stereocenters. The Balaban J connectivity index is 1.90. The number of nitro groups is 1. The van der Waals surface area contributed by atoms with E-state index < -0.39 is 4.92 Å². The molecule has 122 valence electrons. The van der Waals surface area contributed by atoms with E-state index in [9.17, 15) is 14.9 Å². The van der Waals surface area contributed by atoms with E-state index in [0.717, 1.165) is 27.4 Å². The van der Waals surface area contributed by atoms with Crippen molar-refractivity contribution in [3.05, 3.63) is 87.5 Å². The van der Waals surface area contributed by atoms with Crippen LogP contribution in [0.4, 0.5) is 5.69 Å². The van der Waals surface area contributed by atoms with E-state index in [1.54, 1.807) is 18.2 Å². The molecular weight excluding hydrogens is 316 g/mol. The van der Waals surface area contributed by atoms with Crippen molar-refractivity contribution in [1.29, 1.82) is 0 Å². The number of ketones is 1. The maximum absolute atomic E-state index is 12.8. The molecule has 1 aromatic heterocycles. The number of non-ortho nitro benzene ring substituents is 1. The second-order valence-electron chi connectivity index (χ2n) is 6.02. The van der Waals surface area contributed by atoms with Gasteiger partial charge in [-0.2, -0.15) is 0 Å². The fraction of sp³-hybridized carbons (Fsp3) is 0.0500. The fourth-order valence-electron chi connectivity index (χ4n) is 3.12. The quantitative estimate of drug-likeness (QED) is 0.334. The number of hydrogen-bond acceptors (Lipinski definition) is 3. The largest absolute Gasteiger partial charge is 0.355 e. The van der Waals surface area contributed by atoms with Gasteiger partial charge in [0.25, 0.3) is 5.69 Å². The van der Waals surface area contributed by atoms with Gasteiger partial charge in [0.2, 0.25) is 0 Å². The van der Waals surface area contributed by atoms with E-state index >= 15 is 0 Å². The van der Waals surface area contributed by atoms with Gasteiger partial charge in [-0.3, -0.25) is 14.9 Å². The van der Waals surface area contributed by atoms with E-state index in [0.29, 0.717) is 11.1 Å². The van der Waals surface area contributed by atoms with Gasteiger partial charge in [0.1, 0.15) is 0 Å². The predicted octanol–water partition coefficient (Wildman–Crippen LogP) is 4.77. The number of hydrogen-bond donors (Lipinski definition) is 1. The number of rotatable bonds is 3. The number of H-pyrrole nitrogens is 1. The molecule has 0 bridgehead atoms. The van der Waals surface area contributed by atoms with Crippen LogP contribution in [0.5, 0.6) is 0 Å². The van der Waals surface area contributed by atoms with Crippen molar-refractivity contribution < 1.29 is 9.72 Å². The van der Waals surface area contributed by atoms with Crippen molar-refractivity contribution in [1.82, 2.24) is 4.98 Å². The van der Waals surface area contributed by atoms with Crippen LogP contribution in [-0.2, 0) is 0 Å². The molecule has 0 aliphatic heterocycles. The molecule has 5 heteroatoms. The predicted molar refractivity (Wildman–Crippen MR) is 97.1 cm³/mol. The minimum absolute atomic E-state index is 0.0315. The van der Waals surface area contributed by atoms with Crippen LogP contribution in [0, 0.1) is 17.0 Å². The highest BCUT2D eigenvalue weighted by Gasteiger charge is 2.15. The molecule has 5 nitrogen and oxygen atoms in total. The average molecular weight is 330 g/mol. The number of nitrogens with zero attached hydrogens (tertiary/aromatic N) is 1. The Morgan fingerprint density at radius 1 is 0.960 bits per heavy atom. The maximum atomic E-state index is 12.8. The molecular formula is C20H14N2O3. The second-order valence-corrected chi connectivity index (χ2v) is 6.02. The Kier molecular flexibility index (Phi) is 3.35. The van der Waals surface area contributed by atoms with Crippen LogP contribution in [0.1, 0.15) is 21.5 Å². The normalized spacial score (nSPS) is 11.1. The van der Waals surface area contributed by atoms with Crippen LogP contribution in [0.3, 0.4) is 0 Å². The summed E-state index contributed by atoms with van der Waals surface area (Å²) in [6.45, 7) is 1.90. The zero-order valence-electron chi connectivity index (χ0n) is 13.4. The molecule has 1 N–H and O–H groups in total. The van der Waals surface area contributed by atoms with E-state index in [1.165, 1.54) is 12.1 Å². The van der Waals surface area contributed by atoms with E-state index in [-0.39, 0.29) is 11.5 Å². The maximum Gasteiger partial charge on any atom is 0.270 e. The van der Waals surface area contributed by atoms with Gasteiger partial charge in [0, 0.05) is 45.1 Å². The number of nitrogens with one attached hydrogen (secondary N) is 1. The topological polar surface area (TPSA) is 76.0 Å². The highest BCUT2D eigenvalue weighted by atomic mass is 16.6. The van der Waals surface area contributed by atoms with Gasteiger partial charge in [-0.25, -0.2) is 0 Å². The lowest BCUT2D eigenvalue weighted by Gasteiger charge is -2.05. The summed E-state index contributed by atoms with van der Waals surface area (Å²) in [4.78, 5) is 26.7. The zero-order valence-corrected chi connectivity index (χ0v) is 13.4. The van der Waals surface area contributed by atoms with E-state index in [4.69, 9.17) is 0 Å². The minimum Gasteiger partial charge on any atom is -0.355 e. The summed E-state index contributed by atoms with van der Waals surface area (Å²) in [7, 11) is 0. The van der Waals surface area contributed by atoms with Crippen molar-refractivity contribution in [2.75, 3.05) is 0 Å². The molecule has 0 amide bonds. The summed E-state index contributed by atoms with van der Waals surface area (Å²) in [6, 6.07) is 17.6. The van der Waals surface area contributed by atoms with Crippen molar-refractivity contribution >= 4 is 33.3 Å². The minimum atomic E-state index is -0.416. The number of aryl methyl sites for hydroxylation is 1. The van der Waals surface area contributed by atoms with E-state index in [1.807, 2.05) is 37.3 Å². The summed E-state index contributed by atoms with van der Waals surface area (Å²) in [5.74, 6) is -0.0558. The Hall–Kier alpha value is -3.47. The molecule has 0 radical (unpaired) electrons. The van der Waals surface area contributed by atoms with Crippen LogP contribution < -0.4 is 0 Å². The monoisotopic (exact) mass is 330 g/mol. The number of carbonyl (C=O) groups is 1. The standard InChI is InChI=1S/C20H14N2O3/c1-12-4-2-3-5-15(12)20(23)13-6-8-18-16(10-13)17-11-14(22(24)25)7-9-19(17)21-18/h2-11,21H,1H3. The Bertz CT molecular complexity index is 1160. The molecule has 0 aliphatic rings. The molecule has 0 saturated carbocycles. The molecule has 0 aliphatic carbocycles.